The van der Waals surface area contributed by atoms with Gasteiger partial charge in [-0.25, -0.2) is 9.18 Å². The number of piperidine rings is 1. The summed E-state index contributed by atoms with van der Waals surface area (Å²) in [6.45, 7) is 8.43. The van der Waals surface area contributed by atoms with E-state index in [9.17, 15) is 9.18 Å². The minimum absolute atomic E-state index is 0.168. The summed E-state index contributed by atoms with van der Waals surface area (Å²) in [7, 11) is 0. The van der Waals surface area contributed by atoms with Crippen molar-refractivity contribution in [2.45, 2.75) is 51.8 Å². The zero-order valence-corrected chi connectivity index (χ0v) is 11.8. The van der Waals surface area contributed by atoms with Gasteiger partial charge in [-0.3, -0.25) is 0 Å². The van der Waals surface area contributed by atoms with E-state index in [0.717, 1.165) is 0 Å². The molecule has 1 heterocycles. The number of rotatable bonds is 2. The second-order valence-electron chi connectivity index (χ2n) is 6.14. The van der Waals surface area contributed by atoms with Crippen LogP contribution in [0, 0.1) is 5.92 Å². The van der Waals surface area contributed by atoms with Gasteiger partial charge in [0.1, 0.15) is 11.3 Å². The van der Waals surface area contributed by atoms with Crippen LogP contribution < -0.4 is 5.73 Å². The van der Waals surface area contributed by atoms with Gasteiger partial charge in [-0.1, -0.05) is 6.92 Å². The number of nitrogens with two attached hydrogens (primary N) is 1. The first kappa shape index (κ1) is 15.2. The smallest absolute Gasteiger partial charge is 0.410 e. The Morgan fingerprint density at radius 1 is 1.44 bits per heavy atom. The second-order valence-corrected chi connectivity index (χ2v) is 6.14. The minimum Gasteiger partial charge on any atom is -0.444 e. The van der Waals surface area contributed by atoms with Crippen molar-refractivity contribution in [3.63, 3.8) is 0 Å². The first-order valence-electron chi connectivity index (χ1n) is 6.55. The fourth-order valence-corrected chi connectivity index (χ4v) is 2.09. The van der Waals surface area contributed by atoms with Gasteiger partial charge in [-0.2, -0.15) is 0 Å². The highest BCUT2D eigenvalue weighted by molar-refractivity contribution is 5.68. The molecule has 1 unspecified atom stereocenters. The summed E-state index contributed by atoms with van der Waals surface area (Å²) < 4.78 is 19.8. The van der Waals surface area contributed by atoms with Gasteiger partial charge in [0.2, 0.25) is 0 Å². The molecule has 0 aromatic rings. The van der Waals surface area contributed by atoms with Crippen molar-refractivity contribution in [3.05, 3.63) is 0 Å². The highest BCUT2D eigenvalue weighted by Crippen LogP contribution is 2.33. The molecular formula is C13H25FN2O2. The van der Waals surface area contributed by atoms with Crippen LogP contribution in [-0.4, -0.2) is 41.9 Å². The van der Waals surface area contributed by atoms with E-state index < -0.39 is 11.3 Å². The molecule has 18 heavy (non-hydrogen) atoms. The summed E-state index contributed by atoms with van der Waals surface area (Å²) in [5.41, 5.74) is 3.77. The number of hydrogen-bond donors (Lipinski definition) is 1. The normalized spacial score (nSPS) is 21.6. The zero-order chi connectivity index (χ0) is 14.0. The molecule has 0 radical (unpaired) electrons. The van der Waals surface area contributed by atoms with Gasteiger partial charge < -0.3 is 15.4 Å². The van der Waals surface area contributed by atoms with Gasteiger partial charge in [-0.15, -0.1) is 0 Å². The van der Waals surface area contributed by atoms with Crippen LogP contribution in [0.4, 0.5) is 9.18 Å². The monoisotopic (exact) mass is 260 g/mol. The van der Waals surface area contributed by atoms with Crippen LogP contribution in [0.3, 0.4) is 0 Å². The van der Waals surface area contributed by atoms with Gasteiger partial charge in [0, 0.05) is 19.0 Å². The molecular weight excluding hydrogens is 235 g/mol. The average molecular weight is 260 g/mol. The molecule has 106 valence electrons. The van der Waals surface area contributed by atoms with Crippen molar-refractivity contribution in [2.75, 3.05) is 19.6 Å². The fourth-order valence-electron chi connectivity index (χ4n) is 2.09. The van der Waals surface area contributed by atoms with Crippen molar-refractivity contribution in [1.82, 2.24) is 4.90 Å². The zero-order valence-electron chi connectivity index (χ0n) is 11.8. The Hall–Kier alpha value is -0.840. The SMILES string of the molecule is CC(CN)C1(F)CCN(C(=O)OC(C)(C)C)CC1. The number of amides is 1. The summed E-state index contributed by atoms with van der Waals surface area (Å²) in [6.07, 6.45) is 0.319. The molecule has 0 saturated carbocycles. The molecule has 0 spiro atoms. The van der Waals surface area contributed by atoms with Crippen LogP contribution in [0.2, 0.25) is 0 Å². The number of halogens is 1. The van der Waals surface area contributed by atoms with Crippen molar-refractivity contribution in [1.29, 1.82) is 0 Å². The van der Waals surface area contributed by atoms with Crippen molar-refractivity contribution >= 4 is 6.09 Å². The molecule has 1 aliphatic heterocycles. The van der Waals surface area contributed by atoms with E-state index in [0.29, 0.717) is 32.5 Å². The Balaban J connectivity index is 2.51. The molecule has 4 nitrogen and oxygen atoms in total. The van der Waals surface area contributed by atoms with E-state index in [1.807, 2.05) is 27.7 Å². The lowest BCUT2D eigenvalue weighted by Gasteiger charge is -2.39. The van der Waals surface area contributed by atoms with Gasteiger partial charge >= 0.3 is 6.09 Å². The molecule has 1 saturated heterocycles. The number of nitrogens with zero attached hydrogens (tertiary/aromatic N) is 1. The summed E-state index contributed by atoms with van der Waals surface area (Å²) in [5, 5.41) is 0. The Bertz CT molecular complexity index is 294. The van der Waals surface area contributed by atoms with Crippen molar-refractivity contribution in [2.24, 2.45) is 11.7 Å². The van der Waals surface area contributed by atoms with E-state index in [-0.39, 0.29) is 12.0 Å². The van der Waals surface area contributed by atoms with Gasteiger partial charge in [0.25, 0.3) is 0 Å². The van der Waals surface area contributed by atoms with E-state index in [1.54, 1.807) is 4.90 Å². The predicted octanol–water partition coefficient (Wildman–Crippen LogP) is 2.32. The van der Waals surface area contributed by atoms with E-state index in [2.05, 4.69) is 0 Å². The third kappa shape index (κ3) is 3.83. The number of ether oxygens (including phenoxy) is 1. The van der Waals surface area contributed by atoms with Crippen molar-refractivity contribution < 1.29 is 13.9 Å². The van der Waals surface area contributed by atoms with Crippen LogP contribution in [0.5, 0.6) is 0 Å². The number of alkyl halides is 1. The van der Waals surface area contributed by atoms with Gasteiger partial charge in [0.15, 0.2) is 0 Å². The molecule has 0 aliphatic carbocycles. The molecule has 5 heteroatoms. The highest BCUT2D eigenvalue weighted by Gasteiger charge is 2.40. The maximum Gasteiger partial charge on any atom is 0.410 e. The predicted molar refractivity (Wildman–Crippen MR) is 69.1 cm³/mol. The fraction of sp³-hybridized carbons (Fsp3) is 0.923. The lowest BCUT2D eigenvalue weighted by Crippen LogP contribution is -2.49. The Morgan fingerprint density at radius 3 is 2.33 bits per heavy atom. The number of likely N-dealkylation sites (tertiary alicyclic amines) is 1. The van der Waals surface area contributed by atoms with Crippen LogP contribution in [0.1, 0.15) is 40.5 Å². The first-order valence-corrected chi connectivity index (χ1v) is 6.55. The van der Waals surface area contributed by atoms with Gasteiger partial charge in [-0.05, 0) is 40.2 Å². The molecule has 1 rings (SSSR count). The summed E-state index contributed by atoms with van der Waals surface area (Å²) >= 11 is 0. The summed E-state index contributed by atoms with van der Waals surface area (Å²) in [6, 6.07) is 0. The molecule has 0 aromatic heterocycles. The van der Waals surface area contributed by atoms with Crippen LogP contribution in [-0.2, 0) is 4.74 Å². The minimum atomic E-state index is -1.24. The third-order valence-corrected chi connectivity index (χ3v) is 3.48. The largest absolute Gasteiger partial charge is 0.444 e. The molecule has 1 atom stereocenters. The summed E-state index contributed by atoms with van der Waals surface area (Å²) in [5.74, 6) is -0.168. The maximum absolute atomic E-state index is 14.5. The number of hydrogen-bond acceptors (Lipinski definition) is 3. The van der Waals surface area contributed by atoms with Crippen LogP contribution >= 0.6 is 0 Å². The van der Waals surface area contributed by atoms with Gasteiger partial charge in [0.05, 0.1) is 0 Å². The Morgan fingerprint density at radius 2 is 1.94 bits per heavy atom. The van der Waals surface area contributed by atoms with Crippen LogP contribution in [0.25, 0.3) is 0 Å². The molecule has 0 bridgehead atoms. The first-order chi connectivity index (χ1) is 8.18. The average Bonchev–Trinajstić information content (AvgIpc) is 2.26. The molecule has 0 aromatic carbocycles. The molecule has 1 amide bonds. The number of carbonyl (C=O) groups is 1. The standard InChI is InChI=1S/C13H25FN2O2/c1-10(9-15)13(14)5-7-16(8-6-13)11(17)18-12(2,3)4/h10H,5-9,15H2,1-4H3. The maximum atomic E-state index is 14.5. The quantitative estimate of drug-likeness (QED) is 0.829. The topological polar surface area (TPSA) is 55.6 Å². The molecule has 1 aliphatic rings. The lowest BCUT2D eigenvalue weighted by molar-refractivity contribution is -0.0107. The van der Waals surface area contributed by atoms with Crippen molar-refractivity contribution in [3.8, 4) is 0 Å². The molecule has 2 N–H and O–H groups in total. The van der Waals surface area contributed by atoms with E-state index >= 15 is 0 Å². The number of carbonyl (C=O) groups excluding carboxylic acids is 1. The Labute approximate surface area is 109 Å². The highest BCUT2D eigenvalue weighted by atomic mass is 19.1. The molecule has 1 fully saturated rings. The second kappa shape index (κ2) is 5.43. The van der Waals surface area contributed by atoms with E-state index in [4.69, 9.17) is 10.5 Å². The lowest BCUT2D eigenvalue weighted by atomic mass is 9.82. The summed E-state index contributed by atoms with van der Waals surface area (Å²) in [4.78, 5) is 13.4. The third-order valence-electron chi connectivity index (χ3n) is 3.48. The Kier molecular flexibility index (Phi) is 4.59. The van der Waals surface area contributed by atoms with Crippen LogP contribution in [0.15, 0.2) is 0 Å². The van der Waals surface area contributed by atoms with E-state index in [1.165, 1.54) is 0 Å².